The van der Waals surface area contributed by atoms with Crippen molar-refractivity contribution in [3.63, 3.8) is 0 Å². The van der Waals surface area contributed by atoms with Crippen LogP contribution >= 0.6 is 23.6 Å². The molecule has 1 aliphatic heterocycles. The Labute approximate surface area is 185 Å². The van der Waals surface area contributed by atoms with Crippen LogP contribution < -0.4 is 11.1 Å². The Kier molecular flexibility index (Phi) is 6.03. The third-order valence-electron chi connectivity index (χ3n) is 5.03. The summed E-state index contributed by atoms with van der Waals surface area (Å²) in [6.07, 6.45) is 3.67. The molecule has 0 saturated heterocycles. The van der Waals surface area contributed by atoms with Gasteiger partial charge in [0.25, 0.3) is 0 Å². The van der Waals surface area contributed by atoms with Crippen LogP contribution in [0, 0.1) is 0 Å². The number of aromatic nitrogens is 2. The lowest BCUT2D eigenvalue weighted by atomic mass is 10.1. The van der Waals surface area contributed by atoms with E-state index in [0.717, 1.165) is 45.7 Å². The molecule has 5 nitrogen and oxygen atoms in total. The molecule has 0 saturated carbocycles. The van der Waals surface area contributed by atoms with Crippen molar-refractivity contribution in [1.29, 1.82) is 0 Å². The number of fused-ring (bicyclic) bond motifs is 2. The molecule has 0 amide bonds. The highest BCUT2D eigenvalue weighted by Crippen LogP contribution is 2.30. The maximum Gasteiger partial charge on any atom is 0.180 e. The van der Waals surface area contributed by atoms with E-state index in [1.165, 1.54) is 22.5 Å². The van der Waals surface area contributed by atoms with Gasteiger partial charge in [0, 0.05) is 43.3 Å². The fourth-order valence-corrected chi connectivity index (χ4v) is 4.34. The van der Waals surface area contributed by atoms with Crippen molar-refractivity contribution < 1.29 is 0 Å². The lowest BCUT2D eigenvalue weighted by Gasteiger charge is -2.03. The zero-order valence-electron chi connectivity index (χ0n) is 16.9. The van der Waals surface area contributed by atoms with Crippen molar-refractivity contribution >= 4 is 50.6 Å². The van der Waals surface area contributed by atoms with Gasteiger partial charge in [0.2, 0.25) is 0 Å². The van der Waals surface area contributed by atoms with E-state index in [9.17, 15) is 0 Å². The highest BCUT2D eigenvalue weighted by Gasteiger charge is 2.14. The minimum Gasteiger partial charge on any atom is -0.375 e. The van der Waals surface area contributed by atoms with Gasteiger partial charge in [-0.2, -0.15) is 0 Å². The summed E-state index contributed by atoms with van der Waals surface area (Å²) in [6, 6.07) is 14.7. The number of nitrogen functional groups attached to an aromatic ring is 1. The molecular formula is C23H23N5S2. The molecule has 0 unspecified atom stereocenters. The van der Waals surface area contributed by atoms with Crippen molar-refractivity contribution in [2.45, 2.75) is 13.1 Å². The maximum atomic E-state index is 5.66. The molecule has 7 heteroatoms. The van der Waals surface area contributed by atoms with Gasteiger partial charge < -0.3 is 11.1 Å². The summed E-state index contributed by atoms with van der Waals surface area (Å²) >= 11 is 6.38. The minimum atomic E-state index is 0.593. The molecule has 0 atom stereocenters. The van der Waals surface area contributed by atoms with Crippen LogP contribution in [-0.4, -0.2) is 34.3 Å². The normalized spacial score (nSPS) is 12.9. The van der Waals surface area contributed by atoms with E-state index >= 15 is 0 Å². The summed E-state index contributed by atoms with van der Waals surface area (Å²) in [5.74, 6) is 0.864. The topological polar surface area (TPSA) is 67.1 Å². The van der Waals surface area contributed by atoms with Gasteiger partial charge in [-0.25, -0.2) is 9.97 Å². The first-order valence-corrected chi connectivity index (χ1v) is 10.9. The maximum absolute atomic E-state index is 5.66. The van der Waals surface area contributed by atoms with Gasteiger partial charge >= 0.3 is 0 Å². The van der Waals surface area contributed by atoms with Crippen molar-refractivity contribution in [2.24, 2.45) is 0 Å². The molecule has 3 N–H and O–H groups in total. The van der Waals surface area contributed by atoms with Crippen molar-refractivity contribution in [3.05, 3.63) is 71.5 Å². The third kappa shape index (κ3) is 4.48. The Bertz CT molecular complexity index is 1200. The molecule has 0 bridgehead atoms. The van der Waals surface area contributed by atoms with E-state index in [0.29, 0.717) is 5.13 Å². The zero-order valence-corrected chi connectivity index (χ0v) is 18.6. The third-order valence-corrected chi connectivity index (χ3v) is 6.18. The SMILES string of the molecule is CN1Cc2ccc(C=S)cc2C1.CNc1cc2cc(-c3cnc(N)s3)ccc2cn1. The molecule has 30 heavy (non-hydrogen) atoms. The van der Waals surface area contributed by atoms with E-state index in [1.54, 1.807) is 11.6 Å². The predicted octanol–water partition coefficient (Wildman–Crippen LogP) is 4.96. The Balaban J connectivity index is 0.000000158. The number of rotatable bonds is 3. The number of nitrogens with zero attached hydrogens (tertiary/aromatic N) is 3. The smallest absolute Gasteiger partial charge is 0.180 e. The van der Waals surface area contributed by atoms with Gasteiger partial charge in [0.1, 0.15) is 5.82 Å². The Hall–Kier alpha value is -2.87. The number of benzene rings is 2. The lowest BCUT2D eigenvalue weighted by Crippen LogP contribution is -2.07. The number of hydrogen-bond donors (Lipinski definition) is 2. The first kappa shape index (κ1) is 20.4. The number of nitrogens with one attached hydrogen (secondary N) is 1. The van der Waals surface area contributed by atoms with Gasteiger partial charge in [-0.15, -0.1) is 0 Å². The summed E-state index contributed by atoms with van der Waals surface area (Å²) in [6.45, 7) is 2.14. The molecule has 5 rings (SSSR count). The standard InChI is InChI=1S/C13H12N4S.C10H11NS/c1-15-12-5-10-4-8(2-3-9(10)6-16-12)11-7-17-13(14)18-11;1-11-5-9-3-2-8(7-12)4-10(9)6-11/h2-7H,1H3,(H2,14,17)(H,15,16);2-4,7H,5-6H2,1H3. The molecule has 0 aliphatic carbocycles. The molecule has 2 aromatic heterocycles. The Morgan fingerprint density at radius 2 is 1.87 bits per heavy atom. The molecule has 0 spiro atoms. The number of thiazole rings is 1. The highest BCUT2D eigenvalue weighted by molar-refractivity contribution is 7.79. The van der Waals surface area contributed by atoms with E-state index < -0.39 is 0 Å². The highest BCUT2D eigenvalue weighted by atomic mass is 32.1. The van der Waals surface area contributed by atoms with Gasteiger partial charge in [0.05, 0.1) is 4.88 Å². The summed E-state index contributed by atoms with van der Waals surface area (Å²) in [5, 5.41) is 7.64. The fraction of sp³-hybridized carbons (Fsp3) is 0.174. The van der Waals surface area contributed by atoms with Gasteiger partial charge in [-0.1, -0.05) is 47.8 Å². The van der Waals surface area contributed by atoms with Crippen LogP contribution in [0.25, 0.3) is 21.2 Å². The lowest BCUT2D eigenvalue weighted by molar-refractivity contribution is 0.353. The molecule has 4 aromatic rings. The largest absolute Gasteiger partial charge is 0.375 e. The fourth-order valence-electron chi connectivity index (χ4n) is 3.51. The first-order valence-electron chi connectivity index (χ1n) is 9.60. The average Bonchev–Trinajstić information content (AvgIpc) is 3.37. The molecule has 3 heterocycles. The van der Waals surface area contributed by atoms with Crippen molar-refractivity contribution in [1.82, 2.24) is 14.9 Å². The second kappa shape index (κ2) is 8.87. The van der Waals surface area contributed by atoms with Gasteiger partial charge in [-0.3, -0.25) is 4.90 Å². The molecule has 2 aromatic carbocycles. The van der Waals surface area contributed by atoms with E-state index in [1.807, 2.05) is 19.3 Å². The van der Waals surface area contributed by atoms with Crippen molar-refractivity contribution in [2.75, 3.05) is 25.1 Å². The van der Waals surface area contributed by atoms with E-state index in [4.69, 9.17) is 18.0 Å². The molecular weight excluding hydrogens is 410 g/mol. The summed E-state index contributed by atoms with van der Waals surface area (Å²) in [5.41, 5.74) is 10.8. The number of nitrogens with two attached hydrogens (primary N) is 1. The quantitative estimate of drug-likeness (QED) is 0.445. The number of thiocarbonyl (C=S) groups is 1. The second-order valence-corrected chi connectivity index (χ2v) is 8.56. The van der Waals surface area contributed by atoms with E-state index in [-0.39, 0.29) is 0 Å². The summed E-state index contributed by atoms with van der Waals surface area (Å²) < 4.78 is 0. The average molecular weight is 434 g/mol. The van der Waals surface area contributed by atoms with Crippen LogP contribution in [0.2, 0.25) is 0 Å². The molecule has 0 radical (unpaired) electrons. The summed E-state index contributed by atoms with van der Waals surface area (Å²) in [7, 11) is 4.00. The van der Waals surface area contributed by atoms with Crippen LogP contribution in [-0.2, 0) is 13.1 Å². The molecule has 0 fully saturated rings. The van der Waals surface area contributed by atoms with Crippen LogP contribution in [0.1, 0.15) is 16.7 Å². The minimum absolute atomic E-state index is 0.593. The number of hydrogen-bond acceptors (Lipinski definition) is 7. The first-order chi connectivity index (χ1) is 14.6. The van der Waals surface area contributed by atoms with Crippen LogP contribution in [0.3, 0.4) is 0 Å². The Morgan fingerprint density at radius 1 is 1.03 bits per heavy atom. The predicted molar refractivity (Wildman–Crippen MR) is 131 cm³/mol. The van der Waals surface area contributed by atoms with Gasteiger partial charge in [-0.05, 0) is 52.9 Å². The van der Waals surface area contributed by atoms with Crippen molar-refractivity contribution in [3.8, 4) is 10.4 Å². The Morgan fingerprint density at radius 3 is 2.60 bits per heavy atom. The second-order valence-electron chi connectivity index (χ2n) is 7.26. The zero-order chi connectivity index (χ0) is 21.1. The van der Waals surface area contributed by atoms with E-state index in [2.05, 4.69) is 63.6 Å². The number of anilines is 2. The van der Waals surface area contributed by atoms with Gasteiger partial charge in [0.15, 0.2) is 5.13 Å². The summed E-state index contributed by atoms with van der Waals surface area (Å²) in [4.78, 5) is 11.8. The molecule has 152 valence electrons. The molecule has 1 aliphatic rings. The van der Waals surface area contributed by atoms with Crippen LogP contribution in [0.15, 0.2) is 54.9 Å². The van der Waals surface area contributed by atoms with Crippen LogP contribution in [0.4, 0.5) is 10.9 Å². The van der Waals surface area contributed by atoms with Crippen LogP contribution in [0.5, 0.6) is 0 Å². The monoisotopic (exact) mass is 433 g/mol. The number of pyridine rings is 1.